The van der Waals surface area contributed by atoms with Gasteiger partial charge in [0.25, 0.3) is 11.8 Å². The Balaban J connectivity index is 1.15. The molecule has 1 aromatic heterocycles. The van der Waals surface area contributed by atoms with Gasteiger partial charge in [0.05, 0.1) is 11.6 Å². The summed E-state index contributed by atoms with van der Waals surface area (Å²) in [6, 6.07) is 14.9. The average Bonchev–Trinajstić information content (AvgIpc) is 3.86. The number of Topliss-reactive ketones (excluding diaryl/α,β-unsaturated/α-hetero) is 1. The number of carbonyl (C=O) groups excluding carboxylic acids is 3. The molecule has 0 bridgehead atoms. The van der Waals surface area contributed by atoms with E-state index in [1.807, 2.05) is 12.1 Å². The second-order valence-corrected chi connectivity index (χ2v) is 11.9. The average molecular weight is 734 g/mol. The van der Waals surface area contributed by atoms with Crippen LogP contribution in [-0.2, 0) is 21.5 Å². The number of nitrogens with one attached hydrogen (secondary N) is 4. The number of hydrogen-bond acceptors (Lipinski definition) is 10. The topological polar surface area (TPSA) is 167 Å². The summed E-state index contributed by atoms with van der Waals surface area (Å²) in [4.78, 5) is 49.0. The van der Waals surface area contributed by atoms with E-state index in [2.05, 4.69) is 36.2 Å². The molecule has 0 aliphatic heterocycles. The Morgan fingerprint density at radius 1 is 0.902 bits per heavy atom. The maximum Gasteiger partial charge on any atom is 0.422 e. The summed E-state index contributed by atoms with van der Waals surface area (Å²) in [5.41, 5.74) is 0.688. The molecule has 5 rings (SSSR count). The summed E-state index contributed by atoms with van der Waals surface area (Å²) >= 11 is 6.00. The van der Waals surface area contributed by atoms with E-state index in [1.165, 1.54) is 24.3 Å². The highest BCUT2D eigenvalue weighted by atomic mass is 35.5. The lowest BCUT2D eigenvalue weighted by Crippen LogP contribution is -2.42. The number of rotatable bonds is 15. The van der Waals surface area contributed by atoms with Crippen molar-refractivity contribution in [2.75, 3.05) is 30.3 Å². The summed E-state index contributed by atoms with van der Waals surface area (Å²) in [5.74, 6) is -4.68. The number of ether oxygens (including phenoxy) is 1. The van der Waals surface area contributed by atoms with Gasteiger partial charge in [-0.3, -0.25) is 14.4 Å². The van der Waals surface area contributed by atoms with Crippen molar-refractivity contribution in [1.82, 2.24) is 25.6 Å². The van der Waals surface area contributed by atoms with E-state index in [0.29, 0.717) is 29.6 Å². The van der Waals surface area contributed by atoms with E-state index in [4.69, 9.17) is 16.3 Å². The zero-order valence-corrected chi connectivity index (χ0v) is 27.1. The van der Waals surface area contributed by atoms with E-state index in [0.717, 1.165) is 17.7 Å². The van der Waals surface area contributed by atoms with Gasteiger partial charge >= 0.3 is 12.2 Å². The van der Waals surface area contributed by atoms with Crippen molar-refractivity contribution in [1.29, 1.82) is 0 Å². The predicted molar refractivity (Wildman–Crippen MR) is 174 cm³/mol. The maximum atomic E-state index is 13.8. The molecule has 268 valence electrons. The molecule has 3 aromatic carbocycles. The van der Waals surface area contributed by atoms with E-state index in [-0.39, 0.29) is 29.6 Å². The number of carbonyl (C=O) groups is 3. The molecule has 0 spiro atoms. The first kappa shape index (κ1) is 36.9. The Morgan fingerprint density at radius 2 is 1.57 bits per heavy atom. The third kappa shape index (κ3) is 10.5. The number of aromatic nitrogens is 3. The van der Waals surface area contributed by atoms with Gasteiger partial charge in [-0.25, -0.2) is 8.78 Å². The van der Waals surface area contributed by atoms with Crippen LogP contribution in [0.5, 0.6) is 6.01 Å². The fourth-order valence-corrected chi connectivity index (χ4v) is 4.85. The Kier molecular flexibility index (Phi) is 11.3. The van der Waals surface area contributed by atoms with Gasteiger partial charge in [-0.05, 0) is 66.4 Å². The van der Waals surface area contributed by atoms with Crippen molar-refractivity contribution in [3.8, 4) is 6.01 Å². The first-order chi connectivity index (χ1) is 24.2. The van der Waals surface area contributed by atoms with E-state index in [1.54, 1.807) is 12.1 Å². The highest BCUT2D eigenvalue weighted by Crippen LogP contribution is 2.48. The molecule has 18 heteroatoms. The smallest absolute Gasteiger partial charge is 0.422 e. The van der Waals surface area contributed by atoms with Crippen LogP contribution in [0.15, 0.2) is 66.7 Å². The number of nitrogens with zero attached hydrogens (tertiary/aromatic N) is 3. The molecule has 1 unspecified atom stereocenters. The molecule has 4 aromatic rings. The summed E-state index contributed by atoms with van der Waals surface area (Å²) in [5, 5.41) is 21.4. The Hall–Kier alpha value is -5.42. The molecule has 1 heterocycles. The lowest BCUT2D eigenvalue weighted by molar-refractivity contribution is -0.154. The van der Waals surface area contributed by atoms with Crippen molar-refractivity contribution in [3.05, 3.63) is 100 Å². The fraction of sp³-hybridized carbons (Fsp3) is 0.273. The molecule has 51 heavy (non-hydrogen) atoms. The number of amides is 2. The highest BCUT2D eigenvalue weighted by Gasteiger charge is 2.45. The van der Waals surface area contributed by atoms with Gasteiger partial charge in [-0.2, -0.15) is 28.1 Å². The van der Waals surface area contributed by atoms with Crippen LogP contribution < -0.4 is 26.0 Å². The first-order valence-corrected chi connectivity index (χ1v) is 15.6. The van der Waals surface area contributed by atoms with Gasteiger partial charge in [0, 0.05) is 41.9 Å². The molecule has 1 aliphatic rings. The summed E-state index contributed by atoms with van der Waals surface area (Å²) in [6.45, 7) is -2.34. The second-order valence-electron chi connectivity index (χ2n) is 11.5. The third-order valence-corrected chi connectivity index (χ3v) is 7.75. The summed E-state index contributed by atoms with van der Waals surface area (Å²) in [7, 11) is 0. The molecule has 1 saturated carbocycles. The van der Waals surface area contributed by atoms with Gasteiger partial charge in [0.1, 0.15) is 11.6 Å². The number of benzene rings is 3. The van der Waals surface area contributed by atoms with E-state index >= 15 is 0 Å². The quantitative estimate of drug-likeness (QED) is 0.0860. The molecular weight excluding hydrogens is 705 g/mol. The SMILES string of the molecule is O=C(Cc1ccc(F)cc1F)C(=O)NCC(O)CNC(=O)c1ccc(Nc2nc(NC3(c4ccc(Cl)cc4)CC3)nc(OCC(F)(F)F)n2)cc1. The minimum absolute atomic E-state index is 0.0333. The predicted octanol–water partition coefficient (Wildman–Crippen LogP) is 4.61. The number of aliphatic hydroxyl groups is 1. The second kappa shape index (κ2) is 15.6. The summed E-state index contributed by atoms with van der Waals surface area (Å²) < 4.78 is 70.3. The Morgan fingerprint density at radius 3 is 2.22 bits per heavy atom. The zero-order valence-electron chi connectivity index (χ0n) is 26.4. The van der Waals surface area contributed by atoms with Gasteiger partial charge in [-0.1, -0.05) is 29.8 Å². The Labute approximate surface area is 291 Å². The Bertz CT molecular complexity index is 1890. The molecule has 5 N–H and O–H groups in total. The summed E-state index contributed by atoms with van der Waals surface area (Å²) in [6.07, 6.45) is -5.12. The molecule has 1 atom stereocenters. The van der Waals surface area contributed by atoms with Gasteiger partial charge in [0.2, 0.25) is 17.7 Å². The molecule has 0 saturated heterocycles. The normalized spacial score (nSPS) is 13.9. The third-order valence-electron chi connectivity index (χ3n) is 7.50. The monoisotopic (exact) mass is 733 g/mol. The number of aliphatic hydroxyl groups excluding tert-OH is 1. The van der Waals surface area contributed by atoms with Crippen LogP contribution in [0.3, 0.4) is 0 Å². The van der Waals surface area contributed by atoms with Gasteiger partial charge in [0.15, 0.2) is 6.61 Å². The van der Waals surface area contributed by atoms with Crippen LogP contribution in [0.2, 0.25) is 5.02 Å². The number of anilines is 3. The standard InChI is InChI=1S/C33H29ClF5N7O5/c34-21-6-4-20(5-7-21)32(11-12-32)46-30-43-29(44-31(45-30)51-17-33(37,38)39)42-23-9-2-18(3-10-23)27(49)40-15-24(47)16-41-28(50)26(48)13-19-1-8-22(35)14-25(19)36/h1-10,14,24,47H,11-13,15-17H2,(H,40,49)(H,41,50)(H2,42,43,44,45,46). The maximum absolute atomic E-state index is 13.8. The number of alkyl halides is 3. The first-order valence-electron chi connectivity index (χ1n) is 15.3. The van der Waals surface area contributed by atoms with Crippen LogP contribution in [0.1, 0.15) is 34.3 Å². The van der Waals surface area contributed by atoms with Crippen LogP contribution in [-0.4, -0.2) is 69.6 Å². The van der Waals surface area contributed by atoms with Crippen LogP contribution in [0.4, 0.5) is 39.5 Å². The van der Waals surface area contributed by atoms with E-state index in [9.17, 15) is 41.4 Å². The van der Waals surface area contributed by atoms with Crippen LogP contribution in [0.25, 0.3) is 0 Å². The van der Waals surface area contributed by atoms with Crippen molar-refractivity contribution >= 4 is 46.8 Å². The number of hydrogen-bond donors (Lipinski definition) is 5. The lowest BCUT2D eigenvalue weighted by Gasteiger charge is -2.19. The molecule has 1 fully saturated rings. The van der Waals surface area contributed by atoms with Crippen LogP contribution >= 0.6 is 11.6 Å². The highest BCUT2D eigenvalue weighted by molar-refractivity contribution is 6.36. The van der Waals surface area contributed by atoms with Crippen LogP contribution in [0, 0.1) is 11.6 Å². The van der Waals surface area contributed by atoms with Crippen molar-refractivity contribution in [2.24, 2.45) is 0 Å². The fourth-order valence-electron chi connectivity index (χ4n) is 4.72. The molecular formula is C33H29ClF5N7O5. The van der Waals surface area contributed by atoms with Crippen molar-refractivity contribution < 1.29 is 46.2 Å². The number of ketones is 1. The molecule has 12 nitrogen and oxygen atoms in total. The van der Waals surface area contributed by atoms with Gasteiger partial charge < -0.3 is 31.1 Å². The van der Waals surface area contributed by atoms with Gasteiger partial charge in [-0.15, -0.1) is 0 Å². The lowest BCUT2D eigenvalue weighted by atomic mass is 10.1. The van der Waals surface area contributed by atoms with E-state index < -0.39 is 72.6 Å². The largest absolute Gasteiger partial charge is 0.454 e. The molecule has 1 aliphatic carbocycles. The molecule has 0 radical (unpaired) electrons. The number of halogens is 6. The zero-order chi connectivity index (χ0) is 36.8. The van der Waals surface area contributed by atoms with Crippen molar-refractivity contribution in [3.63, 3.8) is 0 Å². The minimum Gasteiger partial charge on any atom is -0.454 e. The molecule has 2 amide bonds. The van der Waals surface area contributed by atoms with Crippen molar-refractivity contribution in [2.45, 2.75) is 37.1 Å². The minimum atomic E-state index is -4.64.